The number of likely N-dealkylation sites (tertiary alicyclic amines) is 1. The maximum atomic E-state index is 12.2. The van der Waals surface area contributed by atoms with Crippen molar-refractivity contribution in [3.05, 3.63) is 0 Å². The molecule has 1 N–H and O–H groups in total. The highest BCUT2D eigenvalue weighted by Gasteiger charge is 2.33. The van der Waals surface area contributed by atoms with Crippen LogP contribution in [0.15, 0.2) is 0 Å². The van der Waals surface area contributed by atoms with Crippen LogP contribution in [0.5, 0.6) is 0 Å². The average molecular weight is 240 g/mol. The third-order valence-electron chi connectivity index (χ3n) is 3.79. The van der Waals surface area contributed by atoms with Gasteiger partial charge in [-0.15, -0.1) is 0 Å². The van der Waals surface area contributed by atoms with Crippen molar-refractivity contribution in [3.63, 3.8) is 0 Å². The van der Waals surface area contributed by atoms with Crippen LogP contribution < -0.4 is 5.32 Å². The Balaban J connectivity index is 1.81. The lowest BCUT2D eigenvalue weighted by molar-refractivity contribution is -0.132. The van der Waals surface area contributed by atoms with Gasteiger partial charge in [0.15, 0.2) is 0 Å². The molecule has 2 rings (SSSR count). The van der Waals surface area contributed by atoms with Crippen LogP contribution in [0.1, 0.15) is 32.6 Å². The molecule has 1 amide bonds. The molecule has 17 heavy (non-hydrogen) atoms. The van der Waals surface area contributed by atoms with E-state index in [0.717, 1.165) is 25.9 Å². The maximum Gasteiger partial charge on any atom is 0.239 e. The molecule has 1 saturated heterocycles. The van der Waals surface area contributed by atoms with E-state index < -0.39 is 0 Å². The van der Waals surface area contributed by atoms with Gasteiger partial charge in [-0.05, 0) is 38.5 Å². The van der Waals surface area contributed by atoms with Gasteiger partial charge in [0.2, 0.25) is 5.91 Å². The zero-order chi connectivity index (χ0) is 12.3. The molecule has 0 spiro atoms. The molecule has 0 aromatic rings. The van der Waals surface area contributed by atoms with Crippen molar-refractivity contribution in [2.45, 2.75) is 44.7 Å². The highest BCUT2D eigenvalue weighted by Crippen LogP contribution is 2.33. The van der Waals surface area contributed by atoms with E-state index in [1.54, 1.807) is 7.11 Å². The third-order valence-corrected chi connectivity index (χ3v) is 3.79. The Morgan fingerprint density at radius 3 is 2.59 bits per heavy atom. The SMILES string of the molecule is COCC(NC(C)C(=O)N1CCCC1)C1CC1. The Hall–Kier alpha value is -0.610. The molecular formula is C13H24N2O2. The van der Waals surface area contributed by atoms with E-state index in [1.165, 1.54) is 12.8 Å². The Bertz CT molecular complexity index is 260. The lowest BCUT2D eigenvalue weighted by atomic mass is 10.1. The summed E-state index contributed by atoms with van der Waals surface area (Å²) in [6, 6.07) is 0.274. The van der Waals surface area contributed by atoms with E-state index in [1.807, 2.05) is 11.8 Å². The Kier molecular flexibility index (Phi) is 4.40. The van der Waals surface area contributed by atoms with Crippen LogP contribution in [0, 0.1) is 5.92 Å². The van der Waals surface area contributed by atoms with Crippen molar-refractivity contribution in [2.24, 2.45) is 5.92 Å². The summed E-state index contributed by atoms with van der Waals surface area (Å²) in [7, 11) is 1.73. The number of nitrogens with one attached hydrogen (secondary N) is 1. The molecule has 98 valence electrons. The molecule has 4 nitrogen and oxygen atoms in total. The molecule has 2 aliphatic rings. The van der Waals surface area contributed by atoms with Crippen molar-refractivity contribution >= 4 is 5.91 Å². The molecule has 4 heteroatoms. The van der Waals surface area contributed by atoms with Crippen LogP contribution in [0.25, 0.3) is 0 Å². The molecule has 0 aromatic heterocycles. The molecule has 1 aliphatic carbocycles. The summed E-state index contributed by atoms with van der Waals surface area (Å²) in [6.45, 7) is 4.56. The van der Waals surface area contributed by atoms with Gasteiger partial charge in [-0.25, -0.2) is 0 Å². The fourth-order valence-corrected chi connectivity index (χ4v) is 2.60. The predicted molar refractivity (Wildman–Crippen MR) is 66.8 cm³/mol. The summed E-state index contributed by atoms with van der Waals surface area (Å²) in [4.78, 5) is 14.1. The van der Waals surface area contributed by atoms with Crippen molar-refractivity contribution in [1.82, 2.24) is 10.2 Å². The van der Waals surface area contributed by atoms with Crippen LogP contribution in [0.2, 0.25) is 0 Å². The summed E-state index contributed by atoms with van der Waals surface area (Å²) in [5, 5.41) is 3.44. The van der Waals surface area contributed by atoms with E-state index in [9.17, 15) is 4.79 Å². The largest absolute Gasteiger partial charge is 0.383 e. The number of hydrogen-bond donors (Lipinski definition) is 1. The van der Waals surface area contributed by atoms with Gasteiger partial charge in [-0.2, -0.15) is 0 Å². The van der Waals surface area contributed by atoms with Crippen molar-refractivity contribution in [1.29, 1.82) is 0 Å². The van der Waals surface area contributed by atoms with Crippen molar-refractivity contribution in [2.75, 3.05) is 26.8 Å². The first-order valence-corrected chi connectivity index (χ1v) is 6.76. The Morgan fingerprint density at radius 1 is 1.41 bits per heavy atom. The smallest absolute Gasteiger partial charge is 0.239 e. The zero-order valence-corrected chi connectivity index (χ0v) is 10.9. The maximum absolute atomic E-state index is 12.2. The fraction of sp³-hybridized carbons (Fsp3) is 0.923. The van der Waals surface area contributed by atoms with Gasteiger partial charge >= 0.3 is 0 Å². The second kappa shape index (κ2) is 5.83. The van der Waals surface area contributed by atoms with Crippen LogP contribution in [0.3, 0.4) is 0 Å². The summed E-state index contributed by atoms with van der Waals surface area (Å²) >= 11 is 0. The highest BCUT2D eigenvalue weighted by atomic mass is 16.5. The lowest BCUT2D eigenvalue weighted by Gasteiger charge is -2.25. The topological polar surface area (TPSA) is 41.6 Å². The second-order valence-electron chi connectivity index (χ2n) is 5.32. The van der Waals surface area contributed by atoms with Gasteiger partial charge < -0.3 is 15.0 Å². The minimum absolute atomic E-state index is 0.0751. The molecule has 1 saturated carbocycles. The molecule has 2 fully saturated rings. The van der Waals surface area contributed by atoms with E-state index in [4.69, 9.17) is 4.74 Å². The predicted octanol–water partition coefficient (Wildman–Crippen LogP) is 1.01. The Labute approximate surface area is 104 Å². The highest BCUT2D eigenvalue weighted by molar-refractivity contribution is 5.81. The molecule has 0 radical (unpaired) electrons. The quantitative estimate of drug-likeness (QED) is 0.753. The molecule has 1 aliphatic heterocycles. The number of carbonyl (C=O) groups excluding carboxylic acids is 1. The first-order chi connectivity index (χ1) is 8.22. The molecule has 2 unspecified atom stereocenters. The number of rotatable bonds is 6. The second-order valence-corrected chi connectivity index (χ2v) is 5.32. The number of amides is 1. The average Bonchev–Trinajstić information content (AvgIpc) is 3.03. The standard InChI is InChI=1S/C13H24N2O2/c1-10(13(16)15-7-3-4-8-15)14-12(9-17-2)11-5-6-11/h10-12,14H,3-9H2,1-2H3. The van der Waals surface area contributed by atoms with Crippen LogP contribution >= 0.6 is 0 Å². The van der Waals surface area contributed by atoms with E-state index in [-0.39, 0.29) is 11.9 Å². The first-order valence-electron chi connectivity index (χ1n) is 6.76. The Morgan fingerprint density at radius 2 is 2.06 bits per heavy atom. The molecule has 1 heterocycles. The normalized spacial score (nSPS) is 23.8. The van der Waals surface area contributed by atoms with Crippen LogP contribution in [0.4, 0.5) is 0 Å². The summed E-state index contributed by atoms with van der Waals surface area (Å²) in [5.41, 5.74) is 0. The molecular weight excluding hydrogens is 216 g/mol. The van der Waals surface area contributed by atoms with Crippen LogP contribution in [-0.2, 0) is 9.53 Å². The van der Waals surface area contributed by atoms with Crippen LogP contribution in [-0.4, -0.2) is 49.7 Å². The lowest BCUT2D eigenvalue weighted by Crippen LogP contribution is -2.49. The fourth-order valence-electron chi connectivity index (χ4n) is 2.60. The number of carbonyl (C=O) groups is 1. The van der Waals surface area contributed by atoms with Gasteiger partial charge in [0.25, 0.3) is 0 Å². The number of methoxy groups -OCH3 is 1. The summed E-state index contributed by atoms with van der Waals surface area (Å²) < 4.78 is 5.22. The van der Waals surface area contributed by atoms with E-state index in [0.29, 0.717) is 18.6 Å². The van der Waals surface area contributed by atoms with Gasteiger partial charge in [-0.1, -0.05) is 0 Å². The van der Waals surface area contributed by atoms with Crippen molar-refractivity contribution in [3.8, 4) is 0 Å². The number of ether oxygens (including phenoxy) is 1. The molecule has 0 aromatic carbocycles. The van der Waals surface area contributed by atoms with E-state index in [2.05, 4.69) is 5.32 Å². The number of nitrogens with zero attached hydrogens (tertiary/aromatic N) is 1. The number of hydrogen-bond acceptors (Lipinski definition) is 3. The molecule has 0 bridgehead atoms. The van der Waals surface area contributed by atoms with Crippen molar-refractivity contribution < 1.29 is 9.53 Å². The first kappa shape index (κ1) is 12.8. The van der Waals surface area contributed by atoms with Gasteiger partial charge in [0, 0.05) is 26.2 Å². The summed E-state index contributed by atoms with van der Waals surface area (Å²) in [6.07, 6.45) is 4.85. The van der Waals surface area contributed by atoms with Gasteiger partial charge in [0.05, 0.1) is 12.6 Å². The monoisotopic (exact) mass is 240 g/mol. The zero-order valence-electron chi connectivity index (χ0n) is 10.9. The molecule has 2 atom stereocenters. The van der Waals surface area contributed by atoms with Gasteiger partial charge in [-0.3, -0.25) is 4.79 Å². The summed E-state index contributed by atoms with van der Waals surface area (Å²) in [5.74, 6) is 0.966. The van der Waals surface area contributed by atoms with Gasteiger partial charge in [0.1, 0.15) is 0 Å². The third kappa shape index (κ3) is 3.42. The van der Waals surface area contributed by atoms with E-state index >= 15 is 0 Å². The minimum Gasteiger partial charge on any atom is -0.383 e. The minimum atomic E-state index is -0.0751.